The first kappa shape index (κ1) is 14.7. The topological polar surface area (TPSA) is 72.6 Å². The third kappa shape index (κ3) is 5.82. The minimum atomic E-state index is -1.08. The van der Waals surface area contributed by atoms with Crippen molar-refractivity contribution in [3.63, 3.8) is 0 Å². The summed E-state index contributed by atoms with van der Waals surface area (Å²) in [6.07, 6.45) is 7.31. The normalized spacial score (nSPS) is 10.7. The molecular weight excluding hydrogens is 234 g/mol. The number of hydrogen-bond acceptors (Lipinski definition) is 4. The first-order valence-electron chi connectivity index (χ1n) is 6.50. The molecule has 0 aliphatic heterocycles. The van der Waals surface area contributed by atoms with E-state index in [1.807, 2.05) is 0 Å². The van der Waals surface area contributed by atoms with Gasteiger partial charge in [0.05, 0.1) is 0 Å². The summed E-state index contributed by atoms with van der Waals surface area (Å²) >= 11 is 0. The van der Waals surface area contributed by atoms with Crippen LogP contribution in [0.4, 0.5) is 0 Å². The van der Waals surface area contributed by atoms with Crippen LogP contribution in [0.2, 0.25) is 0 Å². The predicted molar refractivity (Wildman–Crippen MR) is 66.5 cm³/mol. The molecule has 0 radical (unpaired) electrons. The summed E-state index contributed by atoms with van der Waals surface area (Å²) in [5, 5.41) is 12.1. The van der Waals surface area contributed by atoms with Gasteiger partial charge in [-0.1, -0.05) is 44.2 Å². The van der Waals surface area contributed by atoms with Gasteiger partial charge in [0.2, 0.25) is 0 Å². The first-order chi connectivity index (χ1) is 8.74. The average Bonchev–Trinajstić information content (AvgIpc) is 2.81. The molecule has 0 amide bonds. The molecule has 0 aromatic carbocycles. The zero-order chi connectivity index (χ0) is 13.2. The molecule has 0 unspecified atom stereocenters. The van der Waals surface area contributed by atoms with Gasteiger partial charge in [-0.2, -0.15) is 0 Å². The number of carbonyl (C=O) groups is 1. The molecule has 102 valence electrons. The fourth-order valence-electron chi connectivity index (χ4n) is 1.64. The lowest BCUT2D eigenvalue weighted by Crippen LogP contribution is -1.96. The second kappa shape index (κ2) is 8.69. The van der Waals surface area contributed by atoms with Crippen LogP contribution in [0.3, 0.4) is 0 Å². The Labute approximate surface area is 107 Å². The predicted octanol–water partition coefficient (Wildman–Crippen LogP) is 3.25. The molecular formula is C13H21NO4. The van der Waals surface area contributed by atoms with Gasteiger partial charge in [0.15, 0.2) is 11.5 Å². The van der Waals surface area contributed by atoms with E-state index in [1.54, 1.807) is 0 Å². The highest BCUT2D eigenvalue weighted by molar-refractivity contribution is 5.85. The van der Waals surface area contributed by atoms with Crippen LogP contribution >= 0.6 is 0 Å². The Hall–Kier alpha value is -1.36. The SMILES string of the molecule is CCCCCCCCOCc1cc(C(=O)O)no1. The van der Waals surface area contributed by atoms with Gasteiger partial charge in [0.25, 0.3) is 0 Å². The fourth-order valence-corrected chi connectivity index (χ4v) is 1.64. The maximum Gasteiger partial charge on any atom is 0.358 e. The van der Waals surface area contributed by atoms with E-state index in [-0.39, 0.29) is 12.3 Å². The molecule has 1 aromatic heterocycles. The highest BCUT2D eigenvalue weighted by Gasteiger charge is 2.10. The molecule has 1 heterocycles. The van der Waals surface area contributed by atoms with Gasteiger partial charge in [-0.05, 0) is 6.42 Å². The van der Waals surface area contributed by atoms with E-state index in [9.17, 15) is 4.79 Å². The Balaban J connectivity index is 2.02. The Morgan fingerprint density at radius 3 is 2.72 bits per heavy atom. The molecule has 0 atom stereocenters. The van der Waals surface area contributed by atoms with Crippen molar-refractivity contribution in [3.05, 3.63) is 17.5 Å². The number of hydrogen-bond donors (Lipinski definition) is 1. The largest absolute Gasteiger partial charge is 0.476 e. The number of carboxylic acid groups (broad SMARTS) is 1. The fraction of sp³-hybridized carbons (Fsp3) is 0.692. The molecule has 0 bridgehead atoms. The molecule has 0 aliphatic rings. The van der Waals surface area contributed by atoms with Crippen LogP contribution in [-0.2, 0) is 11.3 Å². The molecule has 0 fully saturated rings. The van der Waals surface area contributed by atoms with Gasteiger partial charge in [0.1, 0.15) is 6.61 Å². The number of nitrogens with zero attached hydrogens (tertiary/aromatic N) is 1. The van der Waals surface area contributed by atoms with E-state index in [0.29, 0.717) is 12.4 Å². The summed E-state index contributed by atoms with van der Waals surface area (Å²) in [5.41, 5.74) is -0.0758. The van der Waals surface area contributed by atoms with E-state index in [0.717, 1.165) is 6.42 Å². The molecule has 1 N–H and O–H groups in total. The maximum atomic E-state index is 10.6. The van der Waals surface area contributed by atoms with Gasteiger partial charge in [-0.25, -0.2) is 4.79 Å². The molecule has 0 saturated carbocycles. The van der Waals surface area contributed by atoms with Crippen LogP contribution in [0.5, 0.6) is 0 Å². The molecule has 5 nitrogen and oxygen atoms in total. The minimum absolute atomic E-state index is 0.0758. The molecule has 0 saturated heterocycles. The Morgan fingerprint density at radius 2 is 2.06 bits per heavy atom. The second-order valence-electron chi connectivity index (χ2n) is 4.30. The molecule has 0 spiro atoms. The molecule has 18 heavy (non-hydrogen) atoms. The van der Waals surface area contributed by atoms with E-state index < -0.39 is 5.97 Å². The highest BCUT2D eigenvalue weighted by atomic mass is 16.5. The van der Waals surface area contributed by atoms with Crippen molar-refractivity contribution in [2.24, 2.45) is 0 Å². The van der Waals surface area contributed by atoms with Crippen LogP contribution in [0, 0.1) is 0 Å². The smallest absolute Gasteiger partial charge is 0.358 e. The quantitative estimate of drug-likeness (QED) is 0.650. The number of ether oxygens (including phenoxy) is 1. The van der Waals surface area contributed by atoms with Crippen LogP contribution in [0.1, 0.15) is 61.7 Å². The second-order valence-corrected chi connectivity index (χ2v) is 4.30. The molecule has 1 rings (SSSR count). The lowest BCUT2D eigenvalue weighted by Gasteiger charge is -2.01. The molecule has 0 aliphatic carbocycles. The summed E-state index contributed by atoms with van der Waals surface area (Å²) in [6.45, 7) is 3.16. The average molecular weight is 255 g/mol. The van der Waals surface area contributed by atoms with Gasteiger partial charge >= 0.3 is 5.97 Å². The minimum Gasteiger partial charge on any atom is -0.476 e. The maximum absolute atomic E-state index is 10.6. The van der Waals surface area contributed by atoms with Crippen LogP contribution < -0.4 is 0 Å². The molecule has 1 aromatic rings. The van der Waals surface area contributed by atoms with Crippen molar-refractivity contribution in [2.75, 3.05) is 6.61 Å². The van der Waals surface area contributed by atoms with Gasteiger partial charge in [-0.15, -0.1) is 0 Å². The lowest BCUT2D eigenvalue weighted by molar-refractivity contribution is 0.0684. The zero-order valence-corrected chi connectivity index (χ0v) is 10.9. The van der Waals surface area contributed by atoms with Crippen molar-refractivity contribution < 1.29 is 19.2 Å². The van der Waals surface area contributed by atoms with E-state index in [2.05, 4.69) is 12.1 Å². The van der Waals surface area contributed by atoms with Crippen molar-refractivity contribution in [3.8, 4) is 0 Å². The Kier molecular flexibility index (Phi) is 7.10. The van der Waals surface area contributed by atoms with Crippen molar-refractivity contribution in [1.29, 1.82) is 0 Å². The monoisotopic (exact) mass is 255 g/mol. The van der Waals surface area contributed by atoms with Crippen LogP contribution in [-0.4, -0.2) is 22.8 Å². The summed E-state index contributed by atoms with van der Waals surface area (Å²) in [6, 6.07) is 1.39. The highest BCUT2D eigenvalue weighted by Crippen LogP contribution is 2.07. The van der Waals surface area contributed by atoms with E-state index >= 15 is 0 Å². The van der Waals surface area contributed by atoms with Crippen LogP contribution in [0.15, 0.2) is 10.6 Å². The van der Waals surface area contributed by atoms with E-state index in [4.69, 9.17) is 14.4 Å². The third-order valence-corrected chi connectivity index (χ3v) is 2.66. The van der Waals surface area contributed by atoms with Crippen molar-refractivity contribution in [1.82, 2.24) is 5.16 Å². The summed E-state index contributed by atoms with van der Waals surface area (Å²) in [4.78, 5) is 10.6. The standard InChI is InChI=1S/C13H21NO4/c1-2-3-4-5-6-7-8-17-10-11-9-12(13(15)16)14-18-11/h9H,2-8,10H2,1H3,(H,15,16). The number of rotatable bonds is 10. The zero-order valence-electron chi connectivity index (χ0n) is 10.9. The summed E-state index contributed by atoms with van der Waals surface area (Å²) in [5.74, 6) is -0.626. The molecule has 5 heteroatoms. The van der Waals surface area contributed by atoms with Gasteiger partial charge in [0, 0.05) is 12.7 Å². The van der Waals surface area contributed by atoms with Crippen molar-refractivity contribution in [2.45, 2.75) is 52.1 Å². The number of aromatic nitrogens is 1. The summed E-state index contributed by atoms with van der Waals surface area (Å²) < 4.78 is 10.2. The van der Waals surface area contributed by atoms with Crippen molar-refractivity contribution >= 4 is 5.97 Å². The number of carboxylic acids is 1. The Morgan fingerprint density at radius 1 is 1.33 bits per heavy atom. The Bertz CT molecular complexity index is 349. The number of aromatic carboxylic acids is 1. The van der Waals surface area contributed by atoms with E-state index in [1.165, 1.54) is 38.2 Å². The number of unbranched alkanes of at least 4 members (excludes halogenated alkanes) is 5. The first-order valence-corrected chi connectivity index (χ1v) is 6.50. The lowest BCUT2D eigenvalue weighted by atomic mass is 10.1. The van der Waals surface area contributed by atoms with Gasteiger partial charge < -0.3 is 14.4 Å². The third-order valence-electron chi connectivity index (χ3n) is 2.66. The summed E-state index contributed by atoms with van der Waals surface area (Å²) in [7, 11) is 0. The van der Waals surface area contributed by atoms with Gasteiger partial charge in [-0.3, -0.25) is 0 Å². The van der Waals surface area contributed by atoms with Crippen LogP contribution in [0.25, 0.3) is 0 Å².